The SMILES string of the molecule is C=CS(=O)(=O)Oc1ccccc1C(=O)c1ccccc1.[H-].[Na+]. The minimum absolute atomic E-state index is 0. The third-order valence-corrected chi connectivity index (χ3v) is 3.40. The predicted octanol–water partition coefficient (Wildman–Crippen LogP) is -0.114. The third-order valence-electron chi connectivity index (χ3n) is 2.58. The van der Waals surface area contributed by atoms with Gasteiger partial charge >= 0.3 is 39.7 Å². The monoisotopic (exact) mass is 312 g/mol. The molecule has 6 heteroatoms. The summed E-state index contributed by atoms with van der Waals surface area (Å²) in [7, 11) is -3.90. The molecule has 0 aromatic heterocycles. The standard InChI is InChI=1S/C15H12O4S.Na.H/c1-2-20(17,18)19-14-11-7-6-10-13(14)15(16)12-8-4-3-5-9-12;;/h2-11H,1H2;;/q;+1;-1. The molecule has 0 aliphatic carbocycles. The Hall–Kier alpha value is -1.40. The Morgan fingerprint density at radius 1 is 1.05 bits per heavy atom. The molecule has 0 fully saturated rings. The molecule has 0 N–H and O–H groups in total. The maximum Gasteiger partial charge on any atom is 1.00 e. The summed E-state index contributed by atoms with van der Waals surface area (Å²) >= 11 is 0. The molecule has 0 radical (unpaired) electrons. The number of carbonyl (C=O) groups excluding carboxylic acids is 1. The van der Waals surface area contributed by atoms with Crippen molar-refractivity contribution in [2.45, 2.75) is 0 Å². The van der Waals surface area contributed by atoms with Crippen molar-refractivity contribution in [1.82, 2.24) is 0 Å². The van der Waals surface area contributed by atoms with E-state index in [4.69, 9.17) is 4.18 Å². The van der Waals surface area contributed by atoms with Crippen molar-refractivity contribution in [3.63, 3.8) is 0 Å². The van der Waals surface area contributed by atoms with Gasteiger partial charge in [-0.05, 0) is 12.1 Å². The molecular weight excluding hydrogens is 299 g/mol. The molecule has 0 aliphatic heterocycles. The summed E-state index contributed by atoms with van der Waals surface area (Å²) in [6, 6.07) is 14.7. The maximum absolute atomic E-state index is 12.3. The summed E-state index contributed by atoms with van der Waals surface area (Å²) in [5, 5.41) is 0.691. The molecule has 4 nitrogen and oxygen atoms in total. The molecule has 2 rings (SSSR count). The summed E-state index contributed by atoms with van der Waals surface area (Å²) in [6.45, 7) is 3.16. The Bertz CT molecular complexity index is 745. The Balaban J connectivity index is 0.00000220. The third kappa shape index (κ3) is 4.54. The van der Waals surface area contributed by atoms with Crippen LogP contribution >= 0.6 is 0 Å². The minimum atomic E-state index is -3.90. The fraction of sp³-hybridized carbons (Fsp3) is 0. The number of hydrogen-bond acceptors (Lipinski definition) is 4. The first kappa shape index (κ1) is 17.7. The van der Waals surface area contributed by atoms with E-state index in [0.717, 1.165) is 0 Å². The number of hydrogen-bond donors (Lipinski definition) is 0. The fourth-order valence-electron chi connectivity index (χ4n) is 1.63. The van der Waals surface area contributed by atoms with Gasteiger partial charge in [0.25, 0.3) is 0 Å². The molecule has 21 heavy (non-hydrogen) atoms. The van der Waals surface area contributed by atoms with E-state index < -0.39 is 10.1 Å². The molecule has 0 bridgehead atoms. The zero-order valence-electron chi connectivity index (χ0n) is 12.5. The number of ketones is 1. The van der Waals surface area contributed by atoms with Gasteiger partial charge in [-0.3, -0.25) is 4.79 Å². The van der Waals surface area contributed by atoms with Crippen molar-refractivity contribution in [1.29, 1.82) is 0 Å². The van der Waals surface area contributed by atoms with Crippen LogP contribution in [0.3, 0.4) is 0 Å². The van der Waals surface area contributed by atoms with Crippen LogP contribution in [-0.4, -0.2) is 14.2 Å². The molecule has 0 amide bonds. The smallest absolute Gasteiger partial charge is 1.00 e. The van der Waals surface area contributed by atoms with E-state index in [2.05, 4.69) is 6.58 Å². The molecule has 2 aromatic carbocycles. The van der Waals surface area contributed by atoms with Gasteiger partial charge in [0.1, 0.15) is 0 Å². The van der Waals surface area contributed by atoms with Crippen molar-refractivity contribution in [3.8, 4) is 5.75 Å². The van der Waals surface area contributed by atoms with Gasteiger partial charge in [-0.15, -0.1) is 0 Å². The molecule has 0 atom stereocenters. The van der Waals surface area contributed by atoms with Crippen LogP contribution in [0.1, 0.15) is 17.3 Å². The van der Waals surface area contributed by atoms with Crippen molar-refractivity contribution < 1.29 is 48.4 Å². The zero-order valence-corrected chi connectivity index (χ0v) is 14.3. The van der Waals surface area contributed by atoms with Crippen LogP contribution in [0.25, 0.3) is 0 Å². The van der Waals surface area contributed by atoms with Gasteiger partial charge in [-0.2, -0.15) is 8.42 Å². The van der Waals surface area contributed by atoms with Gasteiger partial charge < -0.3 is 5.61 Å². The van der Waals surface area contributed by atoms with E-state index in [0.29, 0.717) is 11.0 Å². The molecule has 0 aliphatic rings. The maximum atomic E-state index is 12.3. The van der Waals surface area contributed by atoms with Crippen LogP contribution in [0.2, 0.25) is 0 Å². The molecule has 0 saturated heterocycles. The second kappa shape index (κ2) is 7.56. The Morgan fingerprint density at radius 3 is 2.24 bits per heavy atom. The minimum Gasteiger partial charge on any atom is -1.00 e. The van der Waals surface area contributed by atoms with Crippen LogP contribution in [0, 0.1) is 0 Å². The van der Waals surface area contributed by atoms with Gasteiger partial charge in [0.2, 0.25) is 0 Å². The average Bonchev–Trinajstić information content (AvgIpc) is 2.48. The first-order valence-electron chi connectivity index (χ1n) is 5.79. The van der Waals surface area contributed by atoms with Gasteiger partial charge in [0.05, 0.1) is 11.0 Å². The zero-order chi connectivity index (χ0) is 14.6. The summed E-state index contributed by atoms with van der Waals surface area (Å²) < 4.78 is 27.7. The van der Waals surface area contributed by atoms with Gasteiger partial charge in [0.15, 0.2) is 11.5 Å². The first-order valence-corrected chi connectivity index (χ1v) is 7.26. The predicted molar refractivity (Wildman–Crippen MR) is 77.2 cm³/mol. The van der Waals surface area contributed by atoms with E-state index in [-0.39, 0.29) is 48.1 Å². The van der Waals surface area contributed by atoms with Crippen LogP contribution in [0.15, 0.2) is 66.6 Å². The summed E-state index contributed by atoms with van der Waals surface area (Å²) in [5.41, 5.74) is 0.642. The Kier molecular flexibility index (Phi) is 6.36. The van der Waals surface area contributed by atoms with Gasteiger partial charge in [-0.1, -0.05) is 49.0 Å². The van der Waals surface area contributed by atoms with Crippen LogP contribution in [-0.2, 0) is 10.1 Å². The Morgan fingerprint density at radius 2 is 1.62 bits per heavy atom. The van der Waals surface area contributed by atoms with E-state index in [1.165, 1.54) is 12.1 Å². The normalized spacial score (nSPS) is 10.3. The number of carbonyl (C=O) groups is 1. The Labute approximate surface area is 147 Å². The molecule has 0 spiro atoms. The molecule has 0 heterocycles. The molecule has 2 aromatic rings. The fourth-order valence-corrected chi connectivity index (χ4v) is 2.09. The molecular formula is C15H13NaO4S. The second-order valence-corrected chi connectivity index (χ2v) is 5.42. The van der Waals surface area contributed by atoms with E-state index in [1.807, 2.05) is 0 Å². The topological polar surface area (TPSA) is 60.4 Å². The summed E-state index contributed by atoms with van der Waals surface area (Å²) in [6.07, 6.45) is 0. The number of para-hydroxylation sites is 1. The van der Waals surface area contributed by atoms with E-state index >= 15 is 0 Å². The van der Waals surface area contributed by atoms with Crippen LogP contribution in [0.4, 0.5) is 0 Å². The summed E-state index contributed by atoms with van der Waals surface area (Å²) in [4.78, 5) is 12.3. The quantitative estimate of drug-likeness (QED) is 0.439. The van der Waals surface area contributed by atoms with Crippen molar-refractivity contribution in [2.24, 2.45) is 0 Å². The van der Waals surface area contributed by atoms with Crippen molar-refractivity contribution >= 4 is 15.9 Å². The van der Waals surface area contributed by atoms with Gasteiger partial charge in [-0.25, -0.2) is 0 Å². The van der Waals surface area contributed by atoms with Crippen LogP contribution < -0.4 is 33.7 Å². The van der Waals surface area contributed by atoms with E-state index in [1.54, 1.807) is 42.5 Å². The number of benzene rings is 2. The van der Waals surface area contributed by atoms with Crippen molar-refractivity contribution in [2.75, 3.05) is 0 Å². The van der Waals surface area contributed by atoms with Crippen molar-refractivity contribution in [3.05, 3.63) is 77.7 Å². The molecule has 0 saturated carbocycles. The first-order chi connectivity index (χ1) is 9.53. The second-order valence-electron chi connectivity index (χ2n) is 3.93. The molecule has 0 unspecified atom stereocenters. The summed E-state index contributed by atoms with van der Waals surface area (Å²) in [5.74, 6) is -0.318. The molecule has 104 valence electrons. The van der Waals surface area contributed by atoms with Gasteiger partial charge in [0, 0.05) is 5.56 Å². The largest absolute Gasteiger partial charge is 1.00 e. The van der Waals surface area contributed by atoms with E-state index in [9.17, 15) is 13.2 Å². The average molecular weight is 312 g/mol. The number of rotatable bonds is 5. The van der Waals surface area contributed by atoms with Crippen LogP contribution in [0.5, 0.6) is 5.75 Å².